The third-order valence-corrected chi connectivity index (χ3v) is 7.10. The van der Waals surface area contributed by atoms with Gasteiger partial charge in [0.2, 0.25) is 5.91 Å². The topological polar surface area (TPSA) is 81.1 Å². The normalized spacial score (nSPS) is 11.5. The molecule has 164 valence electrons. The van der Waals surface area contributed by atoms with Crippen LogP contribution in [0.3, 0.4) is 0 Å². The summed E-state index contributed by atoms with van der Waals surface area (Å²) in [4.78, 5) is 17.5. The molecule has 4 rings (SSSR count). The third-order valence-electron chi connectivity index (χ3n) is 5.14. The Labute approximate surface area is 191 Å². The van der Waals surface area contributed by atoms with Crippen LogP contribution in [0.15, 0.2) is 83.8 Å². The van der Waals surface area contributed by atoms with Crippen LogP contribution in [0.2, 0.25) is 5.02 Å². The molecule has 0 bridgehead atoms. The average molecular weight is 468 g/mol. The summed E-state index contributed by atoms with van der Waals surface area (Å²) in [6, 6.07) is 23.1. The van der Waals surface area contributed by atoms with Crippen molar-refractivity contribution in [2.45, 2.75) is 24.4 Å². The minimum Gasteiger partial charge on any atom is -0.352 e. The first-order valence-corrected chi connectivity index (χ1v) is 12.2. The van der Waals surface area contributed by atoms with E-state index in [4.69, 9.17) is 11.6 Å². The van der Waals surface area contributed by atoms with Gasteiger partial charge in [0.15, 0.2) is 9.84 Å². The lowest BCUT2D eigenvalue weighted by atomic mass is 10.2. The summed E-state index contributed by atoms with van der Waals surface area (Å²) in [6.07, 6.45) is 0.0493. The van der Waals surface area contributed by atoms with Crippen molar-refractivity contribution in [3.8, 4) is 0 Å². The van der Waals surface area contributed by atoms with Crippen LogP contribution < -0.4 is 5.32 Å². The molecule has 8 heteroatoms. The molecule has 1 heterocycles. The van der Waals surface area contributed by atoms with E-state index in [2.05, 4.69) is 10.3 Å². The monoisotopic (exact) mass is 467 g/mol. The number of hydrogen-bond donors (Lipinski definition) is 1. The molecule has 0 atom stereocenters. The largest absolute Gasteiger partial charge is 0.352 e. The van der Waals surface area contributed by atoms with Crippen LogP contribution in [0.4, 0.5) is 0 Å². The lowest BCUT2D eigenvalue weighted by Crippen LogP contribution is -2.26. The second-order valence-corrected chi connectivity index (χ2v) is 9.93. The number of nitrogens with one attached hydrogen (secondary N) is 1. The lowest BCUT2D eigenvalue weighted by Gasteiger charge is -2.11. The zero-order chi connectivity index (χ0) is 22.6. The van der Waals surface area contributed by atoms with Crippen LogP contribution in [-0.4, -0.2) is 29.6 Å². The first kappa shape index (κ1) is 22.0. The fourth-order valence-corrected chi connectivity index (χ4v) is 4.83. The van der Waals surface area contributed by atoms with Gasteiger partial charge in [0.25, 0.3) is 0 Å². The van der Waals surface area contributed by atoms with Gasteiger partial charge in [-0.2, -0.15) is 0 Å². The van der Waals surface area contributed by atoms with Crippen LogP contribution >= 0.6 is 11.6 Å². The number of halogens is 1. The van der Waals surface area contributed by atoms with Crippen molar-refractivity contribution in [1.29, 1.82) is 0 Å². The SMILES string of the molecule is O=C(Cc1nc2ccccc2n1CCS(=O)(=O)c1ccccc1)NCc1ccc(Cl)cc1. The molecule has 0 aliphatic carbocycles. The van der Waals surface area contributed by atoms with E-state index in [0.717, 1.165) is 16.6 Å². The van der Waals surface area contributed by atoms with Gasteiger partial charge >= 0.3 is 0 Å². The average Bonchev–Trinajstić information content (AvgIpc) is 3.15. The van der Waals surface area contributed by atoms with Crippen LogP contribution in [0, 0.1) is 0 Å². The number of nitrogens with zero attached hydrogens (tertiary/aromatic N) is 2. The summed E-state index contributed by atoms with van der Waals surface area (Å²) in [6.45, 7) is 0.580. The first-order chi connectivity index (χ1) is 15.4. The number of benzene rings is 3. The fraction of sp³-hybridized carbons (Fsp3) is 0.167. The number of rotatable bonds is 8. The first-order valence-electron chi connectivity index (χ1n) is 10.2. The van der Waals surface area contributed by atoms with Crippen LogP contribution in [0.25, 0.3) is 11.0 Å². The van der Waals surface area contributed by atoms with Crippen molar-refractivity contribution in [3.05, 3.63) is 95.3 Å². The van der Waals surface area contributed by atoms with Gasteiger partial charge < -0.3 is 9.88 Å². The maximum Gasteiger partial charge on any atom is 0.227 e. The van der Waals surface area contributed by atoms with Crippen molar-refractivity contribution < 1.29 is 13.2 Å². The van der Waals surface area contributed by atoms with Crippen molar-refractivity contribution in [2.75, 3.05) is 5.75 Å². The molecule has 0 radical (unpaired) electrons. The van der Waals surface area contributed by atoms with E-state index in [9.17, 15) is 13.2 Å². The van der Waals surface area contributed by atoms with Crippen LogP contribution in [0.1, 0.15) is 11.4 Å². The highest BCUT2D eigenvalue weighted by atomic mass is 35.5. The van der Waals surface area contributed by atoms with Gasteiger partial charge in [-0.1, -0.05) is 54.1 Å². The molecule has 6 nitrogen and oxygen atoms in total. The Morgan fingerprint density at radius 1 is 0.938 bits per heavy atom. The summed E-state index contributed by atoms with van der Waals surface area (Å²) < 4.78 is 27.3. The number of carbonyl (C=O) groups excluding carboxylic acids is 1. The summed E-state index contributed by atoms with van der Waals surface area (Å²) in [5, 5.41) is 3.52. The van der Waals surface area contributed by atoms with E-state index >= 15 is 0 Å². The molecule has 1 N–H and O–H groups in total. The van der Waals surface area contributed by atoms with E-state index in [1.165, 1.54) is 0 Å². The van der Waals surface area contributed by atoms with E-state index in [1.54, 1.807) is 42.5 Å². The highest BCUT2D eigenvalue weighted by Gasteiger charge is 2.18. The summed E-state index contributed by atoms with van der Waals surface area (Å²) in [7, 11) is -3.46. The number of hydrogen-bond acceptors (Lipinski definition) is 4. The Hall–Kier alpha value is -3.16. The van der Waals surface area contributed by atoms with E-state index < -0.39 is 9.84 Å². The molecule has 0 spiro atoms. The molecule has 0 saturated heterocycles. The number of aryl methyl sites for hydroxylation is 1. The molecule has 0 aliphatic rings. The van der Waals surface area contributed by atoms with Crippen molar-refractivity contribution in [1.82, 2.24) is 14.9 Å². The van der Waals surface area contributed by atoms with Gasteiger partial charge in [0, 0.05) is 18.1 Å². The molecule has 0 fully saturated rings. The molecular weight excluding hydrogens is 446 g/mol. The fourth-order valence-electron chi connectivity index (χ4n) is 3.48. The number of para-hydroxylation sites is 2. The van der Waals surface area contributed by atoms with Gasteiger partial charge in [-0.05, 0) is 42.0 Å². The van der Waals surface area contributed by atoms with E-state index in [-0.39, 0.29) is 29.5 Å². The number of amides is 1. The molecule has 0 unspecified atom stereocenters. The minimum atomic E-state index is -3.46. The summed E-state index contributed by atoms with van der Waals surface area (Å²) in [5.41, 5.74) is 2.46. The number of imidazole rings is 1. The molecule has 1 aromatic heterocycles. The molecule has 0 aliphatic heterocycles. The van der Waals surface area contributed by atoms with Gasteiger partial charge in [-0.3, -0.25) is 4.79 Å². The number of sulfone groups is 1. The van der Waals surface area contributed by atoms with Crippen molar-refractivity contribution >= 4 is 38.4 Å². The summed E-state index contributed by atoms with van der Waals surface area (Å²) >= 11 is 5.90. The molecule has 32 heavy (non-hydrogen) atoms. The maximum atomic E-state index is 12.8. The summed E-state index contributed by atoms with van der Waals surface area (Å²) in [5.74, 6) is 0.252. The Morgan fingerprint density at radius 3 is 2.38 bits per heavy atom. The van der Waals surface area contributed by atoms with Gasteiger partial charge in [-0.25, -0.2) is 13.4 Å². The maximum absolute atomic E-state index is 12.8. The highest BCUT2D eigenvalue weighted by molar-refractivity contribution is 7.91. The van der Waals surface area contributed by atoms with Crippen LogP contribution in [0.5, 0.6) is 0 Å². The molecule has 1 amide bonds. The second kappa shape index (κ2) is 9.54. The quantitative estimate of drug-likeness (QED) is 0.424. The molecule has 3 aromatic carbocycles. The van der Waals surface area contributed by atoms with Gasteiger partial charge in [0.05, 0.1) is 28.1 Å². The zero-order valence-electron chi connectivity index (χ0n) is 17.2. The van der Waals surface area contributed by atoms with E-state index in [0.29, 0.717) is 17.4 Å². The predicted octanol–water partition coefficient (Wildman–Crippen LogP) is 4.02. The molecular formula is C24H22ClN3O3S. The number of fused-ring (bicyclic) bond motifs is 1. The smallest absolute Gasteiger partial charge is 0.227 e. The van der Waals surface area contributed by atoms with Gasteiger partial charge in [-0.15, -0.1) is 0 Å². The third kappa shape index (κ3) is 5.18. The Bertz CT molecular complexity index is 1330. The lowest BCUT2D eigenvalue weighted by molar-refractivity contribution is -0.120. The zero-order valence-corrected chi connectivity index (χ0v) is 18.8. The number of carbonyl (C=O) groups is 1. The van der Waals surface area contributed by atoms with E-state index in [1.807, 2.05) is 41.0 Å². The highest BCUT2D eigenvalue weighted by Crippen LogP contribution is 2.18. The predicted molar refractivity (Wildman–Crippen MR) is 125 cm³/mol. The molecule has 4 aromatic rings. The van der Waals surface area contributed by atoms with Crippen LogP contribution in [-0.2, 0) is 34.1 Å². The Kier molecular flexibility index (Phi) is 6.58. The van der Waals surface area contributed by atoms with Crippen molar-refractivity contribution in [3.63, 3.8) is 0 Å². The second-order valence-electron chi connectivity index (χ2n) is 7.38. The Morgan fingerprint density at radius 2 is 1.62 bits per heavy atom. The van der Waals surface area contributed by atoms with Gasteiger partial charge in [0.1, 0.15) is 5.82 Å². The minimum absolute atomic E-state index is 0.0493. The molecule has 0 saturated carbocycles. The number of aromatic nitrogens is 2. The van der Waals surface area contributed by atoms with Crippen molar-refractivity contribution in [2.24, 2.45) is 0 Å². The Balaban J connectivity index is 1.51. The standard InChI is InChI=1S/C24H22ClN3O3S/c25-19-12-10-18(11-13-19)17-26-24(29)16-23-27-21-8-4-5-9-22(21)28(23)14-15-32(30,31)20-6-2-1-3-7-20/h1-13H,14-17H2,(H,26,29).